The van der Waals surface area contributed by atoms with Gasteiger partial charge < -0.3 is 14.5 Å². The van der Waals surface area contributed by atoms with Crippen molar-refractivity contribution in [2.75, 3.05) is 7.11 Å². The minimum atomic E-state index is -0.821. The Morgan fingerprint density at radius 1 is 1.04 bits per heavy atom. The molecule has 6 heteroatoms. The fourth-order valence-corrected chi connectivity index (χ4v) is 2.91. The zero-order chi connectivity index (χ0) is 19.2. The molecule has 5 nitrogen and oxygen atoms in total. The van der Waals surface area contributed by atoms with Crippen LogP contribution in [-0.2, 0) is 16.0 Å². The summed E-state index contributed by atoms with van der Waals surface area (Å²) in [6.07, 6.45) is 0.317. The quantitative estimate of drug-likeness (QED) is 0.650. The number of amides is 1. The average Bonchev–Trinajstić information content (AvgIpc) is 3.18. The normalized spacial score (nSPS) is 11.6. The Morgan fingerprint density at radius 3 is 2.44 bits per heavy atom. The summed E-state index contributed by atoms with van der Waals surface area (Å²) in [7, 11) is 1.29. The number of hydrogen-bond donors (Lipinski definition) is 1. The first-order chi connectivity index (χ1) is 13.1. The Morgan fingerprint density at radius 2 is 1.74 bits per heavy atom. The van der Waals surface area contributed by atoms with Crippen LogP contribution in [0.2, 0.25) is 5.02 Å². The van der Waals surface area contributed by atoms with Crippen LogP contribution in [0.1, 0.15) is 16.1 Å². The number of hydrogen-bond acceptors (Lipinski definition) is 4. The molecule has 0 aliphatic rings. The van der Waals surface area contributed by atoms with Crippen molar-refractivity contribution in [1.82, 2.24) is 5.32 Å². The minimum Gasteiger partial charge on any atom is -0.467 e. The van der Waals surface area contributed by atoms with E-state index in [1.807, 2.05) is 42.5 Å². The van der Waals surface area contributed by atoms with E-state index in [0.29, 0.717) is 22.8 Å². The van der Waals surface area contributed by atoms with Crippen LogP contribution in [-0.4, -0.2) is 25.0 Å². The van der Waals surface area contributed by atoms with Crippen molar-refractivity contribution in [2.24, 2.45) is 0 Å². The molecule has 1 amide bonds. The number of ether oxygens (including phenoxy) is 1. The van der Waals surface area contributed by atoms with Gasteiger partial charge in [-0.2, -0.15) is 0 Å². The zero-order valence-electron chi connectivity index (χ0n) is 14.6. The minimum absolute atomic E-state index is 0.0897. The second kappa shape index (κ2) is 8.56. The molecule has 0 saturated carbocycles. The Hall–Kier alpha value is -3.05. The van der Waals surface area contributed by atoms with Crippen LogP contribution in [0.5, 0.6) is 0 Å². The van der Waals surface area contributed by atoms with E-state index in [-0.39, 0.29) is 5.76 Å². The molecule has 0 fully saturated rings. The SMILES string of the molecule is COC(=O)[C@H](Cc1ccccc1)NC(=O)c1ccc(-c2ccccc2Cl)o1. The lowest BCUT2D eigenvalue weighted by Crippen LogP contribution is -2.42. The van der Waals surface area contributed by atoms with Crippen molar-refractivity contribution in [3.63, 3.8) is 0 Å². The smallest absolute Gasteiger partial charge is 0.328 e. The third-order valence-electron chi connectivity index (χ3n) is 4.04. The van der Waals surface area contributed by atoms with Gasteiger partial charge in [0.15, 0.2) is 5.76 Å². The molecule has 0 aliphatic carbocycles. The summed E-state index contributed by atoms with van der Waals surface area (Å²) in [5.41, 5.74) is 1.59. The summed E-state index contributed by atoms with van der Waals surface area (Å²) in [4.78, 5) is 24.6. The standard InChI is InChI=1S/C21H18ClNO4/c1-26-21(25)17(13-14-7-3-2-4-8-14)23-20(24)19-12-11-18(27-19)15-9-5-6-10-16(15)22/h2-12,17H,13H2,1H3,(H,23,24)/t17-/m0/s1. The highest BCUT2D eigenvalue weighted by Gasteiger charge is 2.24. The largest absolute Gasteiger partial charge is 0.467 e. The van der Waals surface area contributed by atoms with Crippen LogP contribution in [0.15, 0.2) is 71.1 Å². The number of benzene rings is 2. The lowest BCUT2D eigenvalue weighted by atomic mass is 10.1. The van der Waals surface area contributed by atoms with Crippen molar-refractivity contribution in [1.29, 1.82) is 0 Å². The summed E-state index contributed by atoms with van der Waals surface area (Å²) in [5.74, 6) is -0.458. The number of halogens is 1. The van der Waals surface area contributed by atoms with Crippen molar-refractivity contribution >= 4 is 23.5 Å². The first-order valence-electron chi connectivity index (χ1n) is 8.36. The van der Waals surface area contributed by atoms with E-state index in [4.69, 9.17) is 20.8 Å². The number of esters is 1. The molecule has 0 aliphatic heterocycles. The zero-order valence-corrected chi connectivity index (χ0v) is 15.4. The fourth-order valence-electron chi connectivity index (χ4n) is 2.68. The van der Waals surface area contributed by atoms with Crippen molar-refractivity contribution in [3.05, 3.63) is 83.1 Å². The average molecular weight is 384 g/mol. The molecule has 0 bridgehead atoms. The number of rotatable bonds is 6. The maximum atomic E-state index is 12.5. The molecule has 1 aromatic heterocycles. The molecular weight excluding hydrogens is 366 g/mol. The van der Waals surface area contributed by atoms with Gasteiger partial charge in [-0.3, -0.25) is 4.79 Å². The first kappa shape index (κ1) is 18.7. The van der Waals surface area contributed by atoms with Gasteiger partial charge in [0.25, 0.3) is 5.91 Å². The number of methoxy groups -OCH3 is 1. The molecule has 3 aromatic rings. The van der Waals surface area contributed by atoms with Gasteiger partial charge in [0.2, 0.25) is 0 Å². The topological polar surface area (TPSA) is 68.5 Å². The summed E-state index contributed by atoms with van der Waals surface area (Å²) in [5, 5.41) is 3.20. The van der Waals surface area contributed by atoms with Crippen molar-refractivity contribution in [2.45, 2.75) is 12.5 Å². The van der Waals surface area contributed by atoms with Gasteiger partial charge in [0.1, 0.15) is 11.8 Å². The first-order valence-corrected chi connectivity index (χ1v) is 8.73. The molecule has 0 saturated heterocycles. The lowest BCUT2D eigenvalue weighted by Gasteiger charge is -2.15. The maximum Gasteiger partial charge on any atom is 0.328 e. The molecule has 0 radical (unpaired) electrons. The Balaban J connectivity index is 1.76. The Labute approximate surface area is 161 Å². The number of carbonyl (C=O) groups is 2. The molecule has 27 heavy (non-hydrogen) atoms. The number of nitrogens with one attached hydrogen (secondary N) is 1. The second-order valence-corrected chi connectivity index (χ2v) is 6.29. The van der Waals surface area contributed by atoms with Crippen molar-refractivity contribution in [3.8, 4) is 11.3 Å². The highest BCUT2D eigenvalue weighted by Crippen LogP contribution is 2.29. The van der Waals surface area contributed by atoms with Gasteiger partial charge in [-0.1, -0.05) is 54.1 Å². The van der Waals surface area contributed by atoms with Crippen LogP contribution in [0.25, 0.3) is 11.3 Å². The van der Waals surface area contributed by atoms with E-state index in [2.05, 4.69) is 5.32 Å². The highest BCUT2D eigenvalue weighted by molar-refractivity contribution is 6.33. The van der Waals surface area contributed by atoms with Gasteiger partial charge in [0.05, 0.1) is 12.1 Å². The van der Waals surface area contributed by atoms with E-state index in [1.165, 1.54) is 7.11 Å². The third kappa shape index (κ3) is 4.57. The van der Waals surface area contributed by atoms with Gasteiger partial charge in [-0.15, -0.1) is 0 Å². The van der Waals surface area contributed by atoms with Crippen molar-refractivity contribution < 1.29 is 18.7 Å². The Kier molecular flexibility index (Phi) is 5.94. The molecule has 1 N–H and O–H groups in total. The van der Waals surface area contributed by atoms with Crippen LogP contribution in [0, 0.1) is 0 Å². The highest BCUT2D eigenvalue weighted by atomic mass is 35.5. The molecule has 1 heterocycles. The van der Waals surface area contributed by atoms with E-state index < -0.39 is 17.9 Å². The molecule has 0 unspecified atom stereocenters. The molecule has 2 aromatic carbocycles. The maximum absolute atomic E-state index is 12.5. The van der Waals surface area contributed by atoms with Crippen LogP contribution < -0.4 is 5.32 Å². The van der Waals surface area contributed by atoms with Gasteiger partial charge in [0, 0.05) is 12.0 Å². The molecule has 138 valence electrons. The summed E-state index contributed by atoms with van der Waals surface area (Å²) >= 11 is 6.16. The van der Waals surface area contributed by atoms with Crippen LogP contribution in [0.4, 0.5) is 0 Å². The van der Waals surface area contributed by atoms with Crippen LogP contribution in [0.3, 0.4) is 0 Å². The predicted octanol–water partition coefficient (Wildman–Crippen LogP) is 4.11. The monoisotopic (exact) mass is 383 g/mol. The summed E-state index contributed by atoms with van der Waals surface area (Å²) in [6.45, 7) is 0. The lowest BCUT2D eigenvalue weighted by molar-refractivity contribution is -0.142. The molecule has 3 rings (SSSR count). The number of carbonyl (C=O) groups excluding carboxylic acids is 2. The molecule has 1 atom stereocenters. The predicted molar refractivity (Wildman–Crippen MR) is 103 cm³/mol. The second-order valence-electron chi connectivity index (χ2n) is 5.88. The van der Waals surface area contributed by atoms with Crippen LogP contribution >= 0.6 is 11.6 Å². The van der Waals surface area contributed by atoms with E-state index in [0.717, 1.165) is 5.56 Å². The van der Waals surface area contributed by atoms with E-state index in [9.17, 15) is 9.59 Å². The molecule has 0 spiro atoms. The fraction of sp³-hybridized carbons (Fsp3) is 0.143. The third-order valence-corrected chi connectivity index (χ3v) is 4.37. The van der Waals surface area contributed by atoms with Gasteiger partial charge in [-0.25, -0.2) is 4.79 Å². The molecular formula is C21H18ClNO4. The Bertz CT molecular complexity index is 936. The summed E-state index contributed by atoms with van der Waals surface area (Å²) in [6, 6.07) is 19.0. The van der Waals surface area contributed by atoms with E-state index >= 15 is 0 Å². The number of furan rings is 1. The summed E-state index contributed by atoms with van der Waals surface area (Å²) < 4.78 is 10.4. The van der Waals surface area contributed by atoms with E-state index in [1.54, 1.807) is 24.3 Å². The van der Waals surface area contributed by atoms with Gasteiger partial charge in [-0.05, 0) is 29.8 Å². The van der Waals surface area contributed by atoms with Gasteiger partial charge >= 0.3 is 5.97 Å².